The van der Waals surface area contributed by atoms with Gasteiger partial charge in [-0.25, -0.2) is 0 Å². The number of nitrogens with zero attached hydrogens (tertiary/aromatic N) is 2. The Hall–Kier alpha value is -2.23. The van der Waals surface area contributed by atoms with Crippen molar-refractivity contribution in [3.63, 3.8) is 0 Å². The average Bonchev–Trinajstić information content (AvgIpc) is 2.39. The number of hydrogen-bond donors (Lipinski definition) is 1. The van der Waals surface area contributed by atoms with E-state index in [0.717, 1.165) is 23.5 Å². The van der Waals surface area contributed by atoms with E-state index in [1.54, 1.807) is 13.3 Å². The Morgan fingerprint density at radius 1 is 1.33 bits per heavy atom. The molecular weight excluding hydrogens is 226 g/mol. The topological polar surface area (TPSA) is 51.4 Å². The van der Waals surface area contributed by atoms with E-state index in [9.17, 15) is 0 Å². The molecule has 1 aromatic carbocycles. The quantitative estimate of drug-likeness (QED) is 0.837. The Morgan fingerprint density at radius 2 is 2.17 bits per heavy atom. The van der Waals surface area contributed by atoms with Crippen molar-refractivity contribution >= 4 is 11.4 Å². The predicted molar refractivity (Wildman–Crippen MR) is 73.8 cm³/mol. The average molecular weight is 243 g/mol. The summed E-state index contributed by atoms with van der Waals surface area (Å²) in [5, 5.41) is 0. The minimum atomic E-state index is 0.709. The Balaban J connectivity index is 2.16. The minimum Gasteiger partial charge on any atom is -0.497 e. The first kappa shape index (κ1) is 12.2. The predicted octanol–water partition coefficient (Wildman–Crippen LogP) is 2.31. The van der Waals surface area contributed by atoms with Crippen LogP contribution < -0.4 is 15.4 Å². The highest BCUT2D eigenvalue weighted by molar-refractivity contribution is 5.69. The number of hydrogen-bond acceptors (Lipinski definition) is 4. The lowest BCUT2D eigenvalue weighted by atomic mass is 10.2. The summed E-state index contributed by atoms with van der Waals surface area (Å²) < 4.78 is 5.14. The Bertz CT molecular complexity index is 514. The Kier molecular flexibility index (Phi) is 3.67. The number of benzene rings is 1. The number of anilines is 2. The molecule has 2 rings (SSSR count). The molecule has 4 nitrogen and oxygen atoms in total. The SMILES string of the molecule is COc1ccc(N(C)Cc2cccnc2)c(N)c1. The van der Waals surface area contributed by atoms with Gasteiger partial charge in [-0.05, 0) is 23.8 Å². The van der Waals surface area contributed by atoms with Crippen molar-refractivity contribution in [2.75, 3.05) is 24.8 Å². The number of pyridine rings is 1. The van der Waals surface area contributed by atoms with Crippen LogP contribution in [-0.4, -0.2) is 19.1 Å². The summed E-state index contributed by atoms with van der Waals surface area (Å²) in [5.41, 5.74) is 8.86. The van der Waals surface area contributed by atoms with E-state index in [2.05, 4.69) is 9.88 Å². The van der Waals surface area contributed by atoms with Crippen LogP contribution in [0.1, 0.15) is 5.56 Å². The third kappa shape index (κ3) is 2.71. The van der Waals surface area contributed by atoms with Gasteiger partial charge in [-0.3, -0.25) is 4.98 Å². The van der Waals surface area contributed by atoms with Crippen LogP contribution in [0.5, 0.6) is 5.75 Å². The summed E-state index contributed by atoms with van der Waals surface area (Å²) in [4.78, 5) is 6.19. The van der Waals surface area contributed by atoms with Crippen molar-refractivity contribution in [3.05, 3.63) is 48.3 Å². The van der Waals surface area contributed by atoms with Gasteiger partial charge in [0.05, 0.1) is 18.5 Å². The van der Waals surface area contributed by atoms with Gasteiger partial charge in [0.1, 0.15) is 5.75 Å². The number of rotatable bonds is 4. The zero-order valence-electron chi connectivity index (χ0n) is 10.6. The third-order valence-corrected chi connectivity index (χ3v) is 2.79. The van der Waals surface area contributed by atoms with Crippen LogP contribution in [0.15, 0.2) is 42.7 Å². The summed E-state index contributed by atoms with van der Waals surface area (Å²) >= 11 is 0. The molecule has 0 unspecified atom stereocenters. The number of aromatic nitrogens is 1. The zero-order valence-corrected chi connectivity index (χ0v) is 10.6. The highest BCUT2D eigenvalue weighted by Crippen LogP contribution is 2.27. The normalized spacial score (nSPS) is 10.1. The van der Waals surface area contributed by atoms with Crippen LogP contribution in [0.2, 0.25) is 0 Å². The second-order valence-corrected chi connectivity index (χ2v) is 4.14. The van der Waals surface area contributed by atoms with Crippen LogP contribution in [0.25, 0.3) is 0 Å². The fourth-order valence-electron chi connectivity index (χ4n) is 1.86. The van der Waals surface area contributed by atoms with Gasteiger partial charge in [-0.1, -0.05) is 6.07 Å². The summed E-state index contributed by atoms with van der Waals surface area (Å²) in [5.74, 6) is 0.769. The van der Waals surface area contributed by atoms with E-state index in [4.69, 9.17) is 10.5 Å². The lowest BCUT2D eigenvalue weighted by Crippen LogP contribution is -2.17. The molecule has 18 heavy (non-hydrogen) atoms. The molecule has 0 spiro atoms. The van der Waals surface area contributed by atoms with Crippen molar-refractivity contribution < 1.29 is 4.74 Å². The summed E-state index contributed by atoms with van der Waals surface area (Å²) in [7, 11) is 3.64. The van der Waals surface area contributed by atoms with Crippen LogP contribution in [0, 0.1) is 0 Å². The van der Waals surface area contributed by atoms with Gasteiger partial charge in [-0.15, -0.1) is 0 Å². The monoisotopic (exact) mass is 243 g/mol. The number of nitrogen functional groups attached to an aromatic ring is 1. The van der Waals surface area contributed by atoms with Crippen molar-refractivity contribution in [2.24, 2.45) is 0 Å². The second kappa shape index (κ2) is 5.40. The summed E-state index contributed by atoms with van der Waals surface area (Å²) in [6.07, 6.45) is 3.63. The van der Waals surface area contributed by atoms with E-state index >= 15 is 0 Å². The minimum absolute atomic E-state index is 0.709. The molecule has 0 saturated heterocycles. The fourth-order valence-corrected chi connectivity index (χ4v) is 1.86. The molecule has 0 radical (unpaired) electrons. The molecule has 4 heteroatoms. The van der Waals surface area contributed by atoms with Crippen LogP contribution in [-0.2, 0) is 6.54 Å². The first-order chi connectivity index (χ1) is 8.70. The lowest BCUT2D eigenvalue weighted by Gasteiger charge is -2.21. The van der Waals surface area contributed by atoms with Crippen LogP contribution in [0.3, 0.4) is 0 Å². The molecule has 0 atom stereocenters. The number of methoxy groups -OCH3 is 1. The van der Waals surface area contributed by atoms with Gasteiger partial charge in [0.2, 0.25) is 0 Å². The fraction of sp³-hybridized carbons (Fsp3) is 0.214. The van der Waals surface area contributed by atoms with Crippen molar-refractivity contribution in [2.45, 2.75) is 6.54 Å². The van der Waals surface area contributed by atoms with Gasteiger partial charge < -0.3 is 15.4 Å². The maximum Gasteiger partial charge on any atom is 0.121 e. The highest BCUT2D eigenvalue weighted by atomic mass is 16.5. The van der Waals surface area contributed by atoms with Crippen molar-refractivity contribution in [1.82, 2.24) is 4.98 Å². The van der Waals surface area contributed by atoms with E-state index in [1.165, 1.54) is 0 Å². The van der Waals surface area contributed by atoms with E-state index < -0.39 is 0 Å². The first-order valence-corrected chi connectivity index (χ1v) is 5.74. The molecule has 1 heterocycles. The van der Waals surface area contributed by atoms with Gasteiger partial charge in [0.25, 0.3) is 0 Å². The molecule has 0 aliphatic carbocycles. The molecule has 2 aromatic rings. The third-order valence-electron chi connectivity index (χ3n) is 2.79. The summed E-state index contributed by atoms with van der Waals surface area (Å²) in [6, 6.07) is 9.68. The smallest absolute Gasteiger partial charge is 0.121 e. The van der Waals surface area contributed by atoms with E-state index in [1.807, 2.05) is 43.6 Å². The number of nitrogens with two attached hydrogens (primary N) is 1. The van der Waals surface area contributed by atoms with Gasteiger partial charge >= 0.3 is 0 Å². The molecule has 0 amide bonds. The van der Waals surface area contributed by atoms with Crippen molar-refractivity contribution in [3.8, 4) is 5.75 Å². The Labute approximate surface area is 107 Å². The molecule has 1 aromatic heterocycles. The Morgan fingerprint density at radius 3 is 2.78 bits per heavy atom. The first-order valence-electron chi connectivity index (χ1n) is 5.74. The standard InChI is InChI=1S/C14H17N3O/c1-17(10-11-4-3-7-16-9-11)14-6-5-12(18-2)8-13(14)15/h3-9H,10,15H2,1-2H3. The summed E-state index contributed by atoms with van der Waals surface area (Å²) in [6.45, 7) is 0.768. The van der Waals surface area contributed by atoms with Crippen molar-refractivity contribution in [1.29, 1.82) is 0 Å². The largest absolute Gasteiger partial charge is 0.497 e. The molecule has 0 fully saturated rings. The molecule has 94 valence electrons. The number of ether oxygens (including phenoxy) is 1. The molecule has 2 N–H and O–H groups in total. The maximum atomic E-state index is 6.01. The van der Waals surface area contributed by atoms with Crippen LogP contribution in [0.4, 0.5) is 11.4 Å². The molecule has 0 aliphatic rings. The molecule has 0 saturated carbocycles. The zero-order chi connectivity index (χ0) is 13.0. The maximum absolute atomic E-state index is 6.01. The van der Waals surface area contributed by atoms with Gasteiger partial charge in [-0.2, -0.15) is 0 Å². The van der Waals surface area contributed by atoms with Gasteiger partial charge in [0.15, 0.2) is 0 Å². The van der Waals surface area contributed by atoms with E-state index in [0.29, 0.717) is 5.69 Å². The lowest BCUT2D eigenvalue weighted by molar-refractivity contribution is 0.415. The molecule has 0 aliphatic heterocycles. The molecule has 0 bridgehead atoms. The molecular formula is C14H17N3O. The van der Waals surface area contributed by atoms with Gasteiger partial charge in [0, 0.05) is 32.1 Å². The van der Waals surface area contributed by atoms with Crippen LogP contribution >= 0.6 is 0 Å². The highest BCUT2D eigenvalue weighted by Gasteiger charge is 2.07. The van der Waals surface area contributed by atoms with E-state index in [-0.39, 0.29) is 0 Å². The second-order valence-electron chi connectivity index (χ2n) is 4.14.